The number of carbonyl (C=O) groups excluding carboxylic acids is 1. The van der Waals surface area contributed by atoms with E-state index in [9.17, 15) is 9.59 Å². The van der Waals surface area contributed by atoms with E-state index in [1.165, 1.54) is 32.7 Å². The van der Waals surface area contributed by atoms with Crippen LogP contribution >= 0.6 is 11.3 Å². The number of H-pyrrole nitrogens is 1. The van der Waals surface area contributed by atoms with Crippen LogP contribution < -0.4 is 25.1 Å². The van der Waals surface area contributed by atoms with Crippen LogP contribution in [-0.2, 0) is 6.54 Å². The Morgan fingerprint density at radius 3 is 2.33 bits per heavy atom. The topological polar surface area (TPSA) is 106 Å². The van der Waals surface area contributed by atoms with E-state index < -0.39 is 0 Å². The Labute approximate surface area is 177 Å². The van der Waals surface area contributed by atoms with Gasteiger partial charge in [-0.2, -0.15) is 0 Å². The summed E-state index contributed by atoms with van der Waals surface area (Å²) in [6.07, 6.45) is 0. The number of aromatic nitrogens is 2. The number of ether oxygens (including phenoxy) is 3. The molecule has 9 nitrogen and oxygen atoms in total. The van der Waals surface area contributed by atoms with E-state index in [4.69, 9.17) is 14.2 Å². The Balaban J connectivity index is 1.99. The number of thiophene rings is 1. The van der Waals surface area contributed by atoms with Gasteiger partial charge >= 0.3 is 0 Å². The minimum Gasteiger partial charge on any atom is -0.493 e. The first-order valence-corrected chi connectivity index (χ1v) is 9.89. The molecule has 3 rings (SSSR count). The van der Waals surface area contributed by atoms with E-state index in [1.807, 2.05) is 19.0 Å². The molecule has 0 atom stereocenters. The van der Waals surface area contributed by atoms with Crippen molar-refractivity contribution in [2.45, 2.75) is 13.5 Å². The minimum absolute atomic E-state index is 0.252. The van der Waals surface area contributed by atoms with Gasteiger partial charge in [0.15, 0.2) is 11.5 Å². The number of nitrogens with one attached hydrogen (secondary N) is 2. The molecule has 0 spiro atoms. The number of amides is 1. The molecule has 0 aliphatic carbocycles. The van der Waals surface area contributed by atoms with Gasteiger partial charge in [-0.25, -0.2) is 4.98 Å². The summed E-state index contributed by atoms with van der Waals surface area (Å²) in [4.78, 5) is 35.7. The van der Waals surface area contributed by atoms with Gasteiger partial charge in [0.05, 0.1) is 38.1 Å². The van der Waals surface area contributed by atoms with Crippen molar-refractivity contribution in [1.29, 1.82) is 0 Å². The van der Waals surface area contributed by atoms with Crippen molar-refractivity contribution >= 4 is 33.1 Å². The number of benzene rings is 1. The summed E-state index contributed by atoms with van der Waals surface area (Å²) in [6.45, 7) is 2.24. The number of fused-ring (bicyclic) bond motifs is 1. The lowest BCUT2D eigenvalue weighted by molar-refractivity contribution is 0.103. The Bertz CT molecular complexity index is 1130. The van der Waals surface area contributed by atoms with Gasteiger partial charge < -0.3 is 29.4 Å². The molecular formula is C20H24N4O5S. The second kappa shape index (κ2) is 8.72. The maximum atomic E-state index is 13.0. The minimum atomic E-state index is -0.349. The summed E-state index contributed by atoms with van der Waals surface area (Å²) < 4.78 is 16.0. The maximum absolute atomic E-state index is 13.0. The molecule has 2 N–H and O–H groups in total. The first-order chi connectivity index (χ1) is 14.3. The fourth-order valence-electron chi connectivity index (χ4n) is 3.12. The van der Waals surface area contributed by atoms with Gasteiger partial charge in [0.25, 0.3) is 11.5 Å². The number of nitrogens with zero attached hydrogens (tertiary/aromatic N) is 2. The summed E-state index contributed by atoms with van der Waals surface area (Å²) in [5.41, 5.74) is 0.809. The molecular weight excluding hydrogens is 408 g/mol. The van der Waals surface area contributed by atoms with Gasteiger partial charge in [-0.3, -0.25) is 9.59 Å². The lowest BCUT2D eigenvalue weighted by Gasteiger charge is -2.14. The average Bonchev–Trinajstić information content (AvgIpc) is 3.03. The lowest BCUT2D eigenvalue weighted by atomic mass is 10.2. The van der Waals surface area contributed by atoms with Gasteiger partial charge in [-0.15, -0.1) is 11.3 Å². The summed E-state index contributed by atoms with van der Waals surface area (Å²) in [5, 5.41) is 3.26. The predicted octanol–water partition coefficient (Wildman–Crippen LogP) is 2.63. The molecule has 10 heteroatoms. The highest BCUT2D eigenvalue weighted by molar-refractivity contribution is 7.20. The normalized spacial score (nSPS) is 11.0. The van der Waals surface area contributed by atoms with Crippen LogP contribution in [0.15, 0.2) is 16.9 Å². The predicted molar refractivity (Wildman–Crippen MR) is 116 cm³/mol. The molecule has 0 saturated carbocycles. The number of hydrogen-bond donors (Lipinski definition) is 2. The SMILES string of the molecule is COc1cc(NC(=O)c2sc3nc(CN(C)C)[nH]c(=O)c3c2C)cc(OC)c1OC. The van der Waals surface area contributed by atoms with Gasteiger partial charge in [0.1, 0.15) is 10.7 Å². The largest absolute Gasteiger partial charge is 0.493 e. The molecule has 0 radical (unpaired) electrons. The summed E-state index contributed by atoms with van der Waals surface area (Å²) >= 11 is 1.19. The Morgan fingerprint density at radius 2 is 1.80 bits per heavy atom. The van der Waals surface area contributed by atoms with Crippen molar-refractivity contribution in [3.8, 4) is 17.2 Å². The maximum Gasteiger partial charge on any atom is 0.266 e. The summed E-state index contributed by atoms with van der Waals surface area (Å²) in [7, 11) is 8.29. The molecule has 160 valence electrons. The highest BCUT2D eigenvalue weighted by Gasteiger charge is 2.21. The fourth-order valence-corrected chi connectivity index (χ4v) is 4.22. The van der Waals surface area contributed by atoms with Crippen LogP contribution in [0.4, 0.5) is 5.69 Å². The molecule has 0 saturated heterocycles. The van der Waals surface area contributed by atoms with Crippen molar-refractivity contribution in [2.75, 3.05) is 40.7 Å². The van der Waals surface area contributed by atoms with E-state index in [2.05, 4.69) is 15.3 Å². The zero-order valence-electron chi connectivity index (χ0n) is 17.7. The van der Waals surface area contributed by atoms with Gasteiger partial charge in [-0.1, -0.05) is 0 Å². The second-order valence-electron chi connectivity index (χ2n) is 6.85. The molecule has 0 unspecified atom stereocenters. The molecule has 1 aromatic carbocycles. The third kappa shape index (κ3) is 4.10. The molecule has 1 amide bonds. The van der Waals surface area contributed by atoms with E-state index in [0.717, 1.165) is 0 Å². The number of aromatic amines is 1. The third-order valence-electron chi connectivity index (χ3n) is 4.44. The van der Waals surface area contributed by atoms with Crippen LogP contribution in [0, 0.1) is 6.92 Å². The summed E-state index contributed by atoms with van der Waals surface area (Å²) in [6, 6.07) is 3.28. The quantitative estimate of drug-likeness (QED) is 0.591. The summed E-state index contributed by atoms with van der Waals surface area (Å²) in [5.74, 6) is 1.48. The first-order valence-electron chi connectivity index (χ1n) is 9.07. The number of rotatable bonds is 7. The number of aryl methyl sites for hydroxylation is 1. The van der Waals surface area contributed by atoms with E-state index in [1.54, 1.807) is 19.1 Å². The number of anilines is 1. The van der Waals surface area contributed by atoms with Crippen molar-refractivity contribution in [3.05, 3.63) is 38.8 Å². The molecule has 2 aromatic heterocycles. The van der Waals surface area contributed by atoms with Crippen molar-refractivity contribution in [1.82, 2.24) is 14.9 Å². The zero-order chi connectivity index (χ0) is 22.0. The van der Waals surface area contributed by atoms with Crippen LogP contribution in [-0.4, -0.2) is 56.2 Å². The number of hydrogen-bond acceptors (Lipinski definition) is 8. The highest BCUT2D eigenvalue weighted by Crippen LogP contribution is 2.40. The highest BCUT2D eigenvalue weighted by atomic mass is 32.1. The van der Waals surface area contributed by atoms with Crippen LogP contribution in [0.5, 0.6) is 17.2 Å². The molecule has 30 heavy (non-hydrogen) atoms. The number of methoxy groups -OCH3 is 3. The van der Waals surface area contributed by atoms with Crippen molar-refractivity contribution < 1.29 is 19.0 Å². The second-order valence-corrected chi connectivity index (χ2v) is 7.85. The molecule has 0 fully saturated rings. The molecule has 3 aromatic rings. The van der Waals surface area contributed by atoms with Crippen LogP contribution in [0.3, 0.4) is 0 Å². The van der Waals surface area contributed by atoms with E-state index in [-0.39, 0.29) is 11.5 Å². The molecule has 2 heterocycles. The zero-order valence-corrected chi connectivity index (χ0v) is 18.5. The smallest absolute Gasteiger partial charge is 0.266 e. The lowest BCUT2D eigenvalue weighted by Crippen LogP contribution is -2.18. The van der Waals surface area contributed by atoms with Crippen molar-refractivity contribution in [3.63, 3.8) is 0 Å². The molecule has 0 aliphatic heterocycles. The van der Waals surface area contributed by atoms with Crippen LogP contribution in [0.2, 0.25) is 0 Å². The average molecular weight is 433 g/mol. The number of carbonyl (C=O) groups is 1. The van der Waals surface area contributed by atoms with Gasteiger partial charge in [0, 0.05) is 17.8 Å². The third-order valence-corrected chi connectivity index (χ3v) is 5.63. The van der Waals surface area contributed by atoms with Gasteiger partial charge in [0.2, 0.25) is 5.75 Å². The first kappa shape index (κ1) is 21.6. The monoisotopic (exact) mass is 432 g/mol. The van der Waals surface area contributed by atoms with Crippen LogP contribution in [0.25, 0.3) is 10.2 Å². The van der Waals surface area contributed by atoms with Crippen LogP contribution in [0.1, 0.15) is 21.1 Å². The van der Waals surface area contributed by atoms with E-state index in [0.29, 0.717) is 56.0 Å². The molecule has 0 aliphatic rings. The Kier molecular flexibility index (Phi) is 6.28. The fraction of sp³-hybridized carbons (Fsp3) is 0.350. The van der Waals surface area contributed by atoms with E-state index >= 15 is 0 Å². The standard InChI is InChI=1S/C20H24N4O5S/c1-10-15-18(25)22-14(9-24(2)3)23-20(15)30-17(10)19(26)21-11-7-12(27-4)16(29-6)13(8-11)28-5/h7-8H,9H2,1-6H3,(H,21,26)(H,22,23,25). The van der Waals surface area contributed by atoms with Crippen molar-refractivity contribution in [2.24, 2.45) is 0 Å². The molecule has 0 bridgehead atoms. The Hall–Kier alpha value is -3.11. The Morgan fingerprint density at radius 1 is 1.17 bits per heavy atom. The van der Waals surface area contributed by atoms with Gasteiger partial charge in [-0.05, 0) is 26.6 Å².